The molecule has 1 unspecified atom stereocenters. The molecule has 23 heavy (non-hydrogen) atoms. The Balaban J connectivity index is 1.84. The van der Waals surface area contributed by atoms with E-state index in [0.29, 0.717) is 13.0 Å². The lowest BCUT2D eigenvalue weighted by atomic mass is 9.90. The summed E-state index contributed by atoms with van der Waals surface area (Å²) in [6.45, 7) is 0.570. The Labute approximate surface area is 136 Å². The first-order chi connectivity index (χ1) is 11.1. The van der Waals surface area contributed by atoms with E-state index in [1.807, 2.05) is 60.7 Å². The zero-order chi connectivity index (χ0) is 16.2. The minimum atomic E-state index is -0.363. The lowest BCUT2D eigenvalue weighted by Gasteiger charge is -2.20. The van der Waals surface area contributed by atoms with Crippen LogP contribution in [0.2, 0.25) is 0 Å². The highest BCUT2D eigenvalue weighted by atomic mass is 16.2. The van der Waals surface area contributed by atoms with Gasteiger partial charge in [-0.2, -0.15) is 0 Å². The molecule has 0 saturated carbocycles. The highest BCUT2D eigenvalue weighted by Crippen LogP contribution is 2.25. The summed E-state index contributed by atoms with van der Waals surface area (Å²) in [5, 5.41) is 3.04. The van der Waals surface area contributed by atoms with Crippen LogP contribution in [0.3, 0.4) is 0 Å². The van der Waals surface area contributed by atoms with Gasteiger partial charge in [0, 0.05) is 20.0 Å². The minimum Gasteiger partial charge on any atom is -0.350 e. The Morgan fingerprint density at radius 3 is 2.00 bits per heavy atom. The normalized spacial score (nSPS) is 17.6. The van der Waals surface area contributed by atoms with Crippen molar-refractivity contribution in [3.8, 4) is 0 Å². The fraction of sp³-hybridized carbons (Fsp3) is 0.263. The number of likely N-dealkylation sites (N-methyl/N-ethyl adjacent to an activating group) is 1. The van der Waals surface area contributed by atoms with Crippen molar-refractivity contribution < 1.29 is 9.59 Å². The van der Waals surface area contributed by atoms with E-state index in [9.17, 15) is 9.59 Å². The minimum absolute atomic E-state index is 0.0597. The van der Waals surface area contributed by atoms with E-state index in [2.05, 4.69) is 5.32 Å². The number of likely N-dealkylation sites (tertiary alicyclic amines) is 1. The topological polar surface area (TPSA) is 49.4 Å². The maximum absolute atomic E-state index is 12.9. The molecule has 2 amide bonds. The quantitative estimate of drug-likeness (QED) is 0.941. The number of amides is 2. The van der Waals surface area contributed by atoms with Gasteiger partial charge in [-0.05, 0) is 11.1 Å². The summed E-state index contributed by atoms with van der Waals surface area (Å²) in [7, 11) is 1.76. The highest BCUT2D eigenvalue weighted by Gasteiger charge is 2.31. The summed E-state index contributed by atoms with van der Waals surface area (Å²) in [6, 6.07) is 19.4. The van der Waals surface area contributed by atoms with Crippen molar-refractivity contribution in [1.29, 1.82) is 0 Å². The zero-order valence-corrected chi connectivity index (χ0v) is 13.1. The third-order valence-electron chi connectivity index (χ3n) is 4.22. The Bertz CT molecular complexity index is 646. The number of nitrogens with one attached hydrogen (secondary N) is 1. The molecule has 1 N–H and O–H groups in total. The third kappa shape index (κ3) is 3.42. The van der Waals surface area contributed by atoms with E-state index in [1.54, 1.807) is 11.9 Å². The second-order valence-electron chi connectivity index (χ2n) is 5.94. The van der Waals surface area contributed by atoms with Crippen LogP contribution >= 0.6 is 0 Å². The number of carbonyl (C=O) groups is 2. The second kappa shape index (κ2) is 6.65. The molecule has 1 aliphatic rings. The molecule has 0 radical (unpaired) electrons. The van der Waals surface area contributed by atoms with Gasteiger partial charge in [0.05, 0.1) is 12.0 Å². The molecule has 4 nitrogen and oxygen atoms in total. The van der Waals surface area contributed by atoms with E-state index in [4.69, 9.17) is 0 Å². The summed E-state index contributed by atoms with van der Waals surface area (Å²) < 4.78 is 0. The Morgan fingerprint density at radius 2 is 1.57 bits per heavy atom. The molecular weight excluding hydrogens is 288 g/mol. The van der Waals surface area contributed by atoms with Crippen molar-refractivity contribution in [2.75, 3.05) is 13.6 Å². The third-order valence-corrected chi connectivity index (χ3v) is 4.22. The van der Waals surface area contributed by atoms with Crippen LogP contribution in [-0.2, 0) is 9.59 Å². The first-order valence-corrected chi connectivity index (χ1v) is 7.79. The van der Waals surface area contributed by atoms with Crippen molar-refractivity contribution in [1.82, 2.24) is 10.2 Å². The molecule has 0 bridgehead atoms. The molecule has 0 spiro atoms. The van der Waals surface area contributed by atoms with Gasteiger partial charge in [-0.25, -0.2) is 0 Å². The molecule has 1 fully saturated rings. The molecule has 0 aliphatic carbocycles. The molecular formula is C19H20N2O2. The average Bonchev–Trinajstić information content (AvgIpc) is 2.87. The first-order valence-electron chi connectivity index (χ1n) is 7.79. The number of rotatable bonds is 4. The molecule has 1 heterocycles. The van der Waals surface area contributed by atoms with Crippen LogP contribution in [-0.4, -0.2) is 36.3 Å². The van der Waals surface area contributed by atoms with E-state index in [0.717, 1.165) is 11.1 Å². The number of hydrogen-bond acceptors (Lipinski definition) is 2. The molecule has 1 aliphatic heterocycles. The number of carbonyl (C=O) groups excluding carboxylic acids is 2. The highest BCUT2D eigenvalue weighted by molar-refractivity contribution is 5.88. The molecule has 4 heteroatoms. The second-order valence-corrected chi connectivity index (χ2v) is 5.94. The van der Waals surface area contributed by atoms with Gasteiger partial charge < -0.3 is 10.2 Å². The van der Waals surface area contributed by atoms with Crippen LogP contribution in [0.1, 0.15) is 23.5 Å². The molecule has 2 aromatic rings. The van der Waals surface area contributed by atoms with Crippen LogP contribution in [0.5, 0.6) is 0 Å². The maximum Gasteiger partial charge on any atom is 0.232 e. The van der Waals surface area contributed by atoms with E-state index < -0.39 is 0 Å². The fourth-order valence-electron chi connectivity index (χ4n) is 3.03. The summed E-state index contributed by atoms with van der Waals surface area (Å²) >= 11 is 0. The number of nitrogens with zero attached hydrogens (tertiary/aromatic N) is 1. The monoisotopic (exact) mass is 308 g/mol. The lowest BCUT2D eigenvalue weighted by molar-refractivity contribution is -0.126. The van der Waals surface area contributed by atoms with Gasteiger partial charge in [-0.3, -0.25) is 9.59 Å². The number of benzene rings is 2. The molecule has 3 rings (SSSR count). The van der Waals surface area contributed by atoms with Crippen LogP contribution in [0, 0.1) is 0 Å². The molecule has 0 aromatic heterocycles. The average molecular weight is 308 g/mol. The number of hydrogen-bond donors (Lipinski definition) is 1. The van der Waals surface area contributed by atoms with E-state index in [1.165, 1.54) is 0 Å². The molecule has 1 atom stereocenters. The predicted octanol–water partition coefficient (Wildman–Crippen LogP) is 2.17. The zero-order valence-electron chi connectivity index (χ0n) is 13.1. The fourth-order valence-corrected chi connectivity index (χ4v) is 3.03. The van der Waals surface area contributed by atoms with Gasteiger partial charge >= 0.3 is 0 Å². The van der Waals surface area contributed by atoms with Crippen molar-refractivity contribution in [2.24, 2.45) is 0 Å². The maximum atomic E-state index is 12.9. The summed E-state index contributed by atoms with van der Waals surface area (Å²) in [5.74, 6) is -0.347. The molecule has 118 valence electrons. The van der Waals surface area contributed by atoms with Crippen molar-refractivity contribution >= 4 is 11.8 Å². The van der Waals surface area contributed by atoms with Crippen LogP contribution in [0.25, 0.3) is 0 Å². The summed E-state index contributed by atoms with van der Waals surface area (Å²) in [6.07, 6.45) is 0.374. The summed E-state index contributed by atoms with van der Waals surface area (Å²) in [4.78, 5) is 26.2. The van der Waals surface area contributed by atoms with Gasteiger partial charge in [0.2, 0.25) is 11.8 Å². The predicted molar refractivity (Wildman–Crippen MR) is 88.9 cm³/mol. The standard InChI is InChI=1S/C19H20N2O2/c1-21-13-16(12-17(21)22)20-19(23)18(14-8-4-2-5-9-14)15-10-6-3-7-11-15/h2-11,16,18H,12-13H2,1H3,(H,20,23). The smallest absolute Gasteiger partial charge is 0.232 e. The van der Waals surface area contributed by atoms with Crippen molar-refractivity contribution in [2.45, 2.75) is 18.4 Å². The van der Waals surface area contributed by atoms with Gasteiger partial charge in [0.25, 0.3) is 0 Å². The van der Waals surface area contributed by atoms with E-state index in [-0.39, 0.29) is 23.8 Å². The van der Waals surface area contributed by atoms with E-state index >= 15 is 0 Å². The SMILES string of the molecule is CN1CC(NC(=O)C(c2ccccc2)c2ccccc2)CC1=O. The van der Waals surface area contributed by atoms with Gasteiger partial charge in [0.1, 0.15) is 0 Å². The molecule has 2 aromatic carbocycles. The van der Waals surface area contributed by atoms with Crippen LogP contribution in [0.4, 0.5) is 0 Å². The van der Waals surface area contributed by atoms with Crippen molar-refractivity contribution in [3.05, 3.63) is 71.8 Å². The van der Waals surface area contributed by atoms with Gasteiger partial charge in [-0.1, -0.05) is 60.7 Å². The lowest BCUT2D eigenvalue weighted by Crippen LogP contribution is -2.39. The Hall–Kier alpha value is -2.62. The van der Waals surface area contributed by atoms with Crippen LogP contribution < -0.4 is 5.32 Å². The van der Waals surface area contributed by atoms with Crippen LogP contribution in [0.15, 0.2) is 60.7 Å². The molecule has 1 saturated heterocycles. The van der Waals surface area contributed by atoms with Gasteiger partial charge in [-0.15, -0.1) is 0 Å². The van der Waals surface area contributed by atoms with Gasteiger partial charge in [0.15, 0.2) is 0 Å². The Kier molecular flexibility index (Phi) is 4.42. The first kappa shape index (κ1) is 15.3. The van der Waals surface area contributed by atoms with Crippen molar-refractivity contribution in [3.63, 3.8) is 0 Å². The summed E-state index contributed by atoms with van der Waals surface area (Å²) in [5.41, 5.74) is 1.91. The Morgan fingerprint density at radius 1 is 1.04 bits per heavy atom. The largest absolute Gasteiger partial charge is 0.350 e.